The van der Waals surface area contributed by atoms with Gasteiger partial charge in [0.15, 0.2) is 0 Å². The van der Waals surface area contributed by atoms with Crippen molar-refractivity contribution in [2.24, 2.45) is 5.73 Å². The average Bonchev–Trinajstić information content (AvgIpc) is 2.60. The molecule has 0 aliphatic rings. The van der Waals surface area contributed by atoms with Crippen LogP contribution in [0.2, 0.25) is 0 Å². The van der Waals surface area contributed by atoms with Gasteiger partial charge in [0.05, 0.1) is 17.6 Å². The molecule has 0 saturated heterocycles. The molecule has 138 valence electrons. The molecular formula is C18H20N2O5S. The number of ether oxygens (including phenoxy) is 1. The van der Waals surface area contributed by atoms with Crippen molar-refractivity contribution in [3.63, 3.8) is 0 Å². The fraction of sp³-hybridized carbons (Fsp3) is 0.222. The van der Waals surface area contributed by atoms with Gasteiger partial charge in [0.25, 0.3) is 15.9 Å². The second-order valence-electron chi connectivity index (χ2n) is 5.91. The summed E-state index contributed by atoms with van der Waals surface area (Å²) in [6.45, 7) is 3.56. The highest BCUT2D eigenvalue weighted by atomic mass is 32.2. The monoisotopic (exact) mass is 376 g/mol. The number of primary amides is 1. The zero-order chi connectivity index (χ0) is 19.5. The number of nitrogens with one attached hydrogen (secondary N) is 1. The maximum atomic E-state index is 12.7. The van der Waals surface area contributed by atoms with Gasteiger partial charge in [-0.25, -0.2) is 13.1 Å². The van der Waals surface area contributed by atoms with E-state index in [4.69, 9.17) is 10.5 Å². The average molecular weight is 376 g/mol. The van der Waals surface area contributed by atoms with Gasteiger partial charge in [0.1, 0.15) is 5.75 Å². The highest BCUT2D eigenvalue weighted by Crippen LogP contribution is 2.26. The number of carbonyl (C=O) groups is 2. The summed E-state index contributed by atoms with van der Waals surface area (Å²) in [6.07, 6.45) is 0. The van der Waals surface area contributed by atoms with Crippen LogP contribution in [0.3, 0.4) is 0 Å². The first-order chi connectivity index (χ1) is 12.2. The molecule has 0 aromatic heterocycles. The third-order valence-corrected chi connectivity index (χ3v) is 5.19. The fourth-order valence-corrected chi connectivity index (χ4v) is 3.78. The maximum absolute atomic E-state index is 12.7. The summed E-state index contributed by atoms with van der Waals surface area (Å²) in [6, 6.07) is 10.3. The highest BCUT2D eigenvalue weighted by Gasteiger charge is 2.25. The third-order valence-electron chi connectivity index (χ3n) is 3.78. The molecule has 0 aliphatic carbocycles. The number of amides is 2. The van der Waals surface area contributed by atoms with Gasteiger partial charge in [-0.3, -0.25) is 9.59 Å². The Bertz CT molecular complexity index is 952. The molecule has 0 atom stereocenters. The van der Waals surface area contributed by atoms with Crippen LogP contribution >= 0.6 is 0 Å². The van der Waals surface area contributed by atoms with Crippen LogP contribution in [-0.4, -0.2) is 27.3 Å². The molecule has 0 heterocycles. The lowest BCUT2D eigenvalue weighted by atomic mass is 10.0. The molecule has 7 nitrogen and oxygen atoms in total. The van der Waals surface area contributed by atoms with E-state index < -0.39 is 21.8 Å². The Balaban J connectivity index is 2.44. The summed E-state index contributed by atoms with van der Waals surface area (Å²) >= 11 is 0. The summed E-state index contributed by atoms with van der Waals surface area (Å²) in [5.74, 6) is -1.42. The second-order valence-corrected chi connectivity index (χ2v) is 7.56. The zero-order valence-electron chi connectivity index (χ0n) is 14.6. The van der Waals surface area contributed by atoms with E-state index in [0.717, 1.165) is 0 Å². The smallest absolute Gasteiger partial charge is 0.268 e. The molecular weight excluding hydrogens is 356 g/mol. The molecule has 0 fully saturated rings. The number of hydrogen-bond donors (Lipinski definition) is 2. The summed E-state index contributed by atoms with van der Waals surface area (Å²) in [5, 5.41) is 0. The SMILES string of the molecule is COc1ccccc1C(=O)NS(=O)(=O)c1ccc(C(N)=O)cc1C(C)C. The summed E-state index contributed by atoms with van der Waals surface area (Å²) < 4.78 is 32.6. The minimum atomic E-state index is -4.16. The van der Waals surface area contributed by atoms with Gasteiger partial charge in [-0.05, 0) is 41.8 Å². The van der Waals surface area contributed by atoms with Gasteiger partial charge in [-0.2, -0.15) is 0 Å². The van der Waals surface area contributed by atoms with Gasteiger partial charge < -0.3 is 10.5 Å². The van der Waals surface area contributed by atoms with Crippen LogP contribution in [-0.2, 0) is 10.0 Å². The van der Waals surface area contributed by atoms with Crippen LogP contribution in [0, 0.1) is 0 Å². The Morgan fingerprint density at radius 1 is 1.12 bits per heavy atom. The lowest BCUT2D eigenvalue weighted by Crippen LogP contribution is -2.31. The van der Waals surface area contributed by atoms with E-state index in [2.05, 4.69) is 0 Å². The van der Waals surface area contributed by atoms with Crippen molar-refractivity contribution >= 4 is 21.8 Å². The molecule has 8 heteroatoms. The minimum Gasteiger partial charge on any atom is -0.496 e. The van der Waals surface area contributed by atoms with Crippen LogP contribution < -0.4 is 15.2 Å². The number of hydrogen-bond acceptors (Lipinski definition) is 5. The Kier molecular flexibility index (Phi) is 5.66. The first-order valence-electron chi connectivity index (χ1n) is 7.81. The van der Waals surface area contributed by atoms with Crippen molar-refractivity contribution in [2.75, 3.05) is 7.11 Å². The molecule has 0 bridgehead atoms. The Hall–Kier alpha value is -2.87. The van der Waals surface area contributed by atoms with E-state index in [1.165, 1.54) is 31.4 Å². The van der Waals surface area contributed by atoms with Gasteiger partial charge >= 0.3 is 0 Å². The lowest BCUT2D eigenvalue weighted by Gasteiger charge is -2.15. The number of carbonyl (C=O) groups excluding carboxylic acids is 2. The third kappa shape index (κ3) is 4.02. The van der Waals surface area contributed by atoms with Gasteiger partial charge in [-0.1, -0.05) is 26.0 Å². The molecule has 2 aromatic carbocycles. The van der Waals surface area contributed by atoms with Crippen molar-refractivity contribution in [1.29, 1.82) is 0 Å². The molecule has 26 heavy (non-hydrogen) atoms. The normalized spacial score (nSPS) is 11.2. The predicted octanol–water partition coefficient (Wildman–Crippen LogP) is 2.04. The number of rotatable bonds is 6. The fourth-order valence-electron chi connectivity index (χ4n) is 2.46. The molecule has 0 saturated carbocycles. The molecule has 3 N–H and O–H groups in total. The van der Waals surface area contributed by atoms with E-state index >= 15 is 0 Å². The van der Waals surface area contributed by atoms with Crippen LogP contribution in [0.1, 0.15) is 46.0 Å². The molecule has 0 unspecified atom stereocenters. The standard InChI is InChI=1S/C18H20N2O5S/c1-11(2)14-10-12(17(19)21)8-9-16(14)26(23,24)20-18(22)13-6-4-5-7-15(13)25-3/h4-11H,1-3H3,(H2,19,21)(H,20,22). The number of sulfonamides is 1. The van der Waals surface area contributed by atoms with Crippen molar-refractivity contribution in [2.45, 2.75) is 24.7 Å². The van der Waals surface area contributed by atoms with Crippen LogP contribution in [0.25, 0.3) is 0 Å². The summed E-state index contributed by atoms with van der Waals surface area (Å²) in [4.78, 5) is 23.7. The van der Waals surface area contributed by atoms with E-state index in [1.807, 2.05) is 4.72 Å². The molecule has 2 aromatic rings. The van der Waals surface area contributed by atoms with Crippen LogP contribution in [0.15, 0.2) is 47.4 Å². The van der Waals surface area contributed by atoms with Gasteiger partial charge in [0, 0.05) is 5.56 Å². The van der Waals surface area contributed by atoms with Crippen molar-refractivity contribution in [1.82, 2.24) is 4.72 Å². The first kappa shape index (κ1) is 19.5. The Morgan fingerprint density at radius 3 is 2.35 bits per heavy atom. The summed E-state index contributed by atoms with van der Waals surface area (Å²) in [7, 11) is -2.77. The van der Waals surface area contributed by atoms with Crippen LogP contribution in [0.5, 0.6) is 5.75 Å². The number of para-hydroxylation sites is 1. The number of benzene rings is 2. The zero-order valence-corrected chi connectivity index (χ0v) is 15.5. The Labute approximate surface area is 152 Å². The molecule has 2 rings (SSSR count). The highest BCUT2D eigenvalue weighted by molar-refractivity contribution is 7.90. The molecule has 2 amide bonds. The van der Waals surface area contributed by atoms with Crippen molar-refractivity contribution in [3.05, 3.63) is 59.2 Å². The quantitative estimate of drug-likeness (QED) is 0.800. The number of nitrogens with two attached hydrogens (primary N) is 1. The van der Waals surface area contributed by atoms with Gasteiger partial charge in [-0.15, -0.1) is 0 Å². The van der Waals surface area contributed by atoms with E-state index in [0.29, 0.717) is 5.56 Å². The largest absolute Gasteiger partial charge is 0.496 e. The first-order valence-corrected chi connectivity index (χ1v) is 9.29. The van der Waals surface area contributed by atoms with E-state index in [-0.39, 0.29) is 27.7 Å². The maximum Gasteiger partial charge on any atom is 0.268 e. The minimum absolute atomic E-state index is 0.0826. The van der Waals surface area contributed by atoms with Crippen molar-refractivity contribution < 1.29 is 22.7 Å². The number of methoxy groups -OCH3 is 1. The van der Waals surface area contributed by atoms with Crippen LogP contribution in [0.4, 0.5) is 0 Å². The van der Waals surface area contributed by atoms with E-state index in [9.17, 15) is 18.0 Å². The van der Waals surface area contributed by atoms with E-state index in [1.54, 1.807) is 32.0 Å². The molecule has 0 radical (unpaired) electrons. The molecule has 0 spiro atoms. The molecule has 0 aliphatic heterocycles. The topological polar surface area (TPSA) is 116 Å². The lowest BCUT2D eigenvalue weighted by molar-refractivity contribution is 0.0975. The van der Waals surface area contributed by atoms with Crippen molar-refractivity contribution in [3.8, 4) is 5.75 Å². The summed E-state index contributed by atoms with van der Waals surface area (Å²) in [5.41, 5.74) is 5.94. The Morgan fingerprint density at radius 2 is 1.77 bits per heavy atom. The second kappa shape index (κ2) is 7.57. The predicted molar refractivity (Wildman–Crippen MR) is 96.7 cm³/mol. The van der Waals surface area contributed by atoms with Gasteiger partial charge in [0.2, 0.25) is 5.91 Å².